The summed E-state index contributed by atoms with van der Waals surface area (Å²) in [4.78, 5) is 25.6. The van der Waals surface area contributed by atoms with Crippen LogP contribution >= 0.6 is 0 Å². The Labute approximate surface area is 424 Å². The van der Waals surface area contributed by atoms with Gasteiger partial charge in [0.2, 0.25) is 0 Å². The Kier molecular flexibility index (Phi) is 56.8. The van der Waals surface area contributed by atoms with E-state index in [9.17, 15) is 9.59 Å². The van der Waals surface area contributed by atoms with Gasteiger partial charge in [0, 0.05) is 19.4 Å². The molecule has 0 aromatic rings. The van der Waals surface area contributed by atoms with E-state index in [1.807, 2.05) is 0 Å². The second-order valence-electron chi connectivity index (χ2n) is 19.9. The first-order chi connectivity index (χ1) is 33.6. The van der Waals surface area contributed by atoms with Gasteiger partial charge in [-0.25, -0.2) is 0 Å². The summed E-state index contributed by atoms with van der Waals surface area (Å²) in [7, 11) is 0. The van der Waals surface area contributed by atoms with Crippen LogP contribution in [0.3, 0.4) is 0 Å². The first-order valence-electron chi connectivity index (χ1n) is 29.8. The van der Waals surface area contributed by atoms with Crippen molar-refractivity contribution < 1.29 is 23.8 Å². The molecule has 0 bridgehead atoms. The minimum atomic E-state index is -0.545. The molecule has 0 radical (unpaired) electrons. The third-order valence-corrected chi connectivity index (χ3v) is 13.0. The first-order valence-corrected chi connectivity index (χ1v) is 29.8. The number of unbranched alkanes of at least 4 members (excludes halogenated alkanes) is 34. The highest BCUT2D eigenvalue weighted by atomic mass is 16.6. The van der Waals surface area contributed by atoms with Crippen molar-refractivity contribution in [3.63, 3.8) is 0 Å². The van der Waals surface area contributed by atoms with Gasteiger partial charge in [0.1, 0.15) is 6.61 Å². The Bertz CT molecular complexity index is 1170. The molecule has 0 aliphatic heterocycles. The summed E-state index contributed by atoms with van der Waals surface area (Å²) in [6, 6.07) is 0. The van der Waals surface area contributed by atoms with Gasteiger partial charge in [-0.2, -0.15) is 0 Å². The predicted octanol–water partition coefficient (Wildman–Crippen LogP) is 20.5. The quantitative estimate of drug-likeness (QED) is 0.0345. The van der Waals surface area contributed by atoms with Gasteiger partial charge in [0.05, 0.1) is 6.61 Å². The first kappa shape index (κ1) is 65.6. The molecular formula is C63H114O5. The summed E-state index contributed by atoms with van der Waals surface area (Å²) < 4.78 is 17.5. The molecular weight excluding hydrogens is 837 g/mol. The fourth-order valence-corrected chi connectivity index (χ4v) is 8.62. The molecule has 5 nitrogen and oxygen atoms in total. The normalized spacial score (nSPS) is 12.6. The van der Waals surface area contributed by atoms with E-state index in [0.717, 1.165) is 77.0 Å². The van der Waals surface area contributed by atoms with Crippen LogP contribution in [0.1, 0.15) is 303 Å². The maximum atomic E-state index is 12.9. The van der Waals surface area contributed by atoms with E-state index in [-0.39, 0.29) is 25.2 Å². The van der Waals surface area contributed by atoms with Crippen LogP contribution in [0.5, 0.6) is 0 Å². The average Bonchev–Trinajstić information content (AvgIpc) is 3.34. The molecule has 1 unspecified atom stereocenters. The van der Waals surface area contributed by atoms with E-state index < -0.39 is 6.10 Å². The summed E-state index contributed by atoms with van der Waals surface area (Å²) in [5, 5.41) is 0. The molecule has 0 N–H and O–H groups in total. The fraction of sp³-hybridized carbons (Fsp3) is 0.810. The number of carbonyl (C=O) groups is 2. The number of carbonyl (C=O) groups excluding carboxylic acids is 2. The summed E-state index contributed by atoms with van der Waals surface area (Å²) in [5.74, 6) is -0.401. The van der Waals surface area contributed by atoms with Crippen LogP contribution < -0.4 is 0 Å². The zero-order chi connectivity index (χ0) is 49.2. The van der Waals surface area contributed by atoms with Crippen LogP contribution in [0, 0.1) is 0 Å². The summed E-state index contributed by atoms with van der Waals surface area (Å²) in [6.45, 7) is 7.73. The highest BCUT2D eigenvalue weighted by molar-refractivity contribution is 5.70. The van der Waals surface area contributed by atoms with Gasteiger partial charge in [0.25, 0.3) is 0 Å². The Balaban J connectivity index is 4.28. The molecule has 0 aromatic carbocycles. The Hall–Kier alpha value is -2.40. The zero-order valence-corrected chi connectivity index (χ0v) is 45.6. The average molecular weight is 952 g/mol. The van der Waals surface area contributed by atoms with E-state index in [1.54, 1.807) is 0 Å². The SMILES string of the molecule is CC/C=C\C/C=C\C/C=C\C/C=C\CCCCCCCCC(=O)OCC(COCCCCCCCC/C=C\CCCCCCCC)OC(=O)CCCCCCCCCCCCCCCCCCC. The van der Waals surface area contributed by atoms with Crippen LogP contribution in [0.25, 0.3) is 0 Å². The Morgan fingerprint density at radius 1 is 0.338 bits per heavy atom. The van der Waals surface area contributed by atoms with Crippen molar-refractivity contribution in [2.45, 2.75) is 309 Å². The fourth-order valence-electron chi connectivity index (χ4n) is 8.62. The van der Waals surface area contributed by atoms with Crippen molar-refractivity contribution in [3.8, 4) is 0 Å². The number of rotatable bonds is 55. The Morgan fingerprint density at radius 3 is 1.07 bits per heavy atom. The largest absolute Gasteiger partial charge is 0.462 e. The zero-order valence-electron chi connectivity index (χ0n) is 45.6. The molecule has 0 saturated heterocycles. The topological polar surface area (TPSA) is 61.8 Å². The standard InChI is InChI=1S/C63H114O5/c1-4-7-10-13-16-19-22-25-28-31-32-34-35-38-41-44-47-50-53-56-62(64)67-60-61(59-66-58-55-52-49-46-43-40-37-30-27-24-21-18-15-12-9-6-3)68-63(65)57-54-51-48-45-42-39-36-33-29-26-23-20-17-14-11-8-5-2/h7,10,16,19,25,27-28,30,32,34,61H,4-6,8-9,11-15,17-18,20-24,26,29,31,33,35-60H2,1-3H3/b10-7-,19-16-,28-25-,30-27-,34-32-. The maximum Gasteiger partial charge on any atom is 0.306 e. The third-order valence-electron chi connectivity index (χ3n) is 13.0. The van der Waals surface area contributed by atoms with Gasteiger partial charge in [-0.05, 0) is 83.5 Å². The minimum Gasteiger partial charge on any atom is -0.462 e. The molecule has 0 heterocycles. The van der Waals surface area contributed by atoms with Gasteiger partial charge in [-0.1, -0.05) is 268 Å². The Morgan fingerprint density at radius 2 is 0.662 bits per heavy atom. The molecule has 0 aliphatic rings. The van der Waals surface area contributed by atoms with Crippen molar-refractivity contribution in [1.82, 2.24) is 0 Å². The molecule has 0 rings (SSSR count). The molecule has 396 valence electrons. The molecule has 0 aromatic heterocycles. The van der Waals surface area contributed by atoms with Crippen molar-refractivity contribution in [1.29, 1.82) is 0 Å². The van der Waals surface area contributed by atoms with E-state index in [0.29, 0.717) is 19.4 Å². The van der Waals surface area contributed by atoms with E-state index in [4.69, 9.17) is 14.2 Å². The lowest BCUT2D eigenvalue weighted by Gasteiger charge is -2.18. The van der Waals surface area contributed by atoms with E-state index in [1.165, 1.54) is 193 Å². The van der Waals surface area contributed by atoms with Gasteiger partial charge in [-0.3, -0.25) is 9.59 Å². The summed E-state index contributed by atoms with van der Waals surface area (Å²) in [6.07, 6.45) is 75.3. The van der Waals surface area contributed by atoms with Crippen molar-refractivity contribution in [2.24, 2.45) is 0 Å². The van der Waals surface area contributed by atoms with Crippen LogP contribution in [0.2, 0.25) is 0 Å². The van der Waals surface area contributed by atoms with Crippen molar-refractivity contribution in [3.05, 3.63) is 60.8 Å². The lowest BCUT2D eigenvalue weighted by molar-refractivity contribution is -0.163. The number of ether oxygens (including phenoxy) is 3. The molecule has 0 spiro atoms. The summed E-state index contributed by atoms with van der Waals surface area (Å²) >= 11 is 0. The summed E-state index contributed by atoms with van der Waals surface area (Å²) in [5.41, 5.74) is 0. The molecule has 5 heteroatoms. The number of esters is 2. The van der Waals surface area contributed by atoms with Gasteiger partial charge in [-0.15, -0.1) is 0 Å². The van der Waals surface area contributed by atoms with Crippen LogP contribution in [0.15, 0.2) is 60.8 Å². The number of allylic oxidation sites excluding steroid dienone is 10. The monoisotopic (exact) mass is 951 g/mol. The lowest BCUT2D eigenvalue weighted by Crippen LogP contribution is -2.30. The predicted molar refractivity (Wildman–Crippen MR) is 298 cm³/mol. The van der Waals surface area contributed by atoms with Crippen LogP contribution in [0.4, 0.5) is 0 Å². The highest BCUT2D eigenvalue weighted by Crippen LogP contribution is 2.16. The molecule has 0 saturated carbocycles. The molecule has 1 atom stereocenters. The molecule has 68 heavy (non-hydrogen) atoms. The lowest BCUT2D eigenvalue weighted by atomic mass is 10.0. The second-order valence-corrected chi connectivity index (χ2v) is 19.9. The van der Waals surface area contributed by atoms with Gasteiger partial charge in [0.15, 0.2) is 6.10 Å². The van der Waals surface area contributed by atoms with Crippen molar-refractivity contribution in [2.75, 3.05) is 19.8 Å². The number of hydrogen-bond acceptors (Lipinski definition) is 5. The van der Waals surface area contributed by atoms with Crippen molar-refractivity contribution >= 4 is 11.9 Å². The molecule has 0 aliphatic carbocycles. The highest BCUT2D eigenvalue weighted by Gasteiger charge is 2.17. The minimum absolute atomic E-state index is 0.0777. The van der Waals surface area contributed by atoms with Gasteiger partial charge < -0.3 is 14.2 Å². The van der Waals surface area contributed by atoms with Crippen LogP contribution in [-0.2, 0) is 23.8 Å². The smallest absolute Gasteiger partial charge is 0.306 e. The number of hydrogen-bond donors (Lipinski definition) is 0. The van der Waals surface area contributed by atoms with E-state index in [2.05, 4.69) is 81.5 Å². The second kappa shape index (κ2) is 58.9. The molecule has 0 amide bonds. The van der Waals surface area contributed by atoms with E-state index >= 15 is 0 Å². The maximum absolute atomic E-state index is 12.9. The molecule has 0 fully saturated rings. The third kappa shape index (κ3) is 56.2. The van der Waals surface area contributed by atoms with Gasteiger partial charge >= 0.3 is 11.9 Å². The van der Waals surface area contributed by atoms with Crippen LogP contribution in [-0.4, -0.2) is 37.9 Å².